The van der Waals surface area contributed by atoms with Gasteiger partial charge in [0.25, 0.3) is 0 Å². The van der Waals surface area contributed by atoms with Gasteiger partial charge in [-0.2, -0.15) is 26.3 Å². The lowest BCUT2D eigenvalue weighted by Gasteiger charge is -2.34. The van der Waals surface area contributed by atoms with E-state index in [0.717, 1.165) is 48.4 Å². The summed E-state index contributed by atoms with van der Waals surface area (Å²) in [7, 11) is 0. The molecule has 20 heteroatoms. The molecule has 13 nitrogen and oxygen atoms in total. The second-order valence-corrected chi connectivity index (χ2v) is 15.5. The molecule has 0 spiro atoms. The highest BCUT2D eigenvalue weighted by molar-refractivity contribution is 5.96. The number of carbonyl (C=O) groups is 3. The quantitative estimate of drug-likeness (QED) is 0.132. The van der Waals surface area contributed by atoms with Crippen LogP contribution in [0.5, 0.6) is 0 Å². The van der Waals surface area contributed by atoms with Crippen molar-refractivity contribution in [1.82, 2.24) is 30.6 Å². The number of rotatable bonds is 10. The summed E-state index contributed by atoms with van der Waals surface area (Å²) < 4.78 is 85.7. The number of piperidine rings is 2. The predicted octanol–water partition coefficient (Wildman–Crippen LogP) is 9.26. The van der Waals surface area contributed by atoms with Crippen LogP contribution < -0.4 is 15.1 Å². The first-order valence-corrected chi connectivity index (χ1v) is 20.8. The van der Waals surface area contributed by atoms with E-state index >= 15 is 0 Å². The van der Waals surface area contributed by atoms with Gasteiger partial charge in [-0.1, -0.05) is 60.7 Å². The van der Waals surface area contributed by atoms with E-state index in [0.29, 0.717) is 43.6 Å². The highest BCUT2D eigenvalue weighted by Gasteiger charge is 2.39. The average molecular weight is 939 g/mol. The standard InChI is InChI=1S/C24H23F3N4O3.C22H21F3N4O2.ClH/c1-16(32)30-13-11-19(12-14-30)22(33)31(20-5-3-2-4-6-20)15-17-7-9-18(10-8-17)21-28-29-23(34-21)24(25,26)27;23-22(24,25)21-28-27-19(31-21)16-8-6-15(7-9-16)14-29(18-4-2-1-3-5-18)20(30)17-10-12-26-13-11-17;/h2-10,19H,11-15H2,1H3;1-9,17,26H,10-14H2;1H. The van der Waals surface area contributed by atoms with E-state index in [1.807, 2.05) is 60.7 Å². The number of hydrogen-bond acceptors (Lipinski definition) is 10. The maximum absolute atomic E-state index is 13.4. The van der Waals surface area contributed by atoms with Gasteiger partial charge in [0.15, 0.2) is 0 Å². The molecule has 3 amide bonds. The molecule has 0 saturated carbocycles. The van der Waals surface area contributed by atoms with Crippen LogP contribution in [-0.4, -0.2) is 69.2 Å². The Morgan fingerprint density at radius 3 is 1.32 bits per heavy atom. The second-order valence-electron chi connectivity index (χ2n) is 15.5. The Morgan fingerprint density at radius 2 is 0.970 bits per heavy atom. The lowest BCUT2D eigenvalue weighted by molar-refractivity contribution is -0.157. The minimum atomic E-state index is -4.71. The van der Waals surface area contributed by atoms with Crippen molar-refractivity contribution in [2.45, 2.75) is 58.0 Å². The molecule has 2 aromatic heterocycles. The molecular formula is C46H45ClF6N8O5. The van der Waals surface area contributed by atoms with Crippen molar-refractivity contribution < 1.29 is 49.6 Å². The van der Waals surface area contributed by atoms with Gasteiger partial charge in [0.05, 0.1) is 13.1 Å². The summed E-state index contributed by atoms with van der Waals surface area (Å²) in [5.74, 6) is -3.40. The van der Waals surface area contributed by atoms with Gasteiger partial charge < -0.3 is 28.9 Å². The molecule has 2 aliphatic rings. The smallest absolute Gasteiger partial charge is 0.413 e. The number of carbonyl (C=O) groups excluding carboxylic acids is 3. The number of anilines is 2. The lowest BCUT2D eigenvalue weighted by Crippen LogP contribution is -2.43. The molecule has 66 heavy (non-hydrogen) atoms. The predicted molar refractivity (Wildman–Crippen MR) is 233 cm³/mol. The molecule has 1 N–H and O–H groups in total. The lowest BCUT2D eigenvalue weighted by atomic mass is 9.94. The van der Waals surface area contributed by atoms with Crippen molar-refractivity contribution in [2.75, 3.05) is 36.0 Å². The largest absolute Gasteiger partial charge is 0.470 e. The summed E-state index contributed by atoms with van der Waals surface area (Å²) in [4.78, 5) is 43.5. The van der Waals surface area contributed by atoms with Crippen LogP contribution in [0.1, 0.15) is 55.5 Å². The van der Waals surface area contributed by atoms with Gasteiger partial charge in [0.1, 0.15) is 0 Å². The van der Waals surface area contributed by atoms with Gasteiger partial charge in [0.2, 0.25) is 29.5 Å². The Morgan fingerprint density at radius 1 is 0.591 bits per heavy atom. The minimum Gasteiger partial charge on any atom is -0.413 e. The number of para-hydroxylation sites is 2. The first-order valence-electron chi connectivity index (χ1n) is 20.8. The van der Waals surface area contributed by atoms with Gasteiger partial charge in [-0.15, -0.1) is 32.8 Å². The Labute approximate surface area is 381 Å². The topological polar surface area (TPSA) is 151 Å². The van der Waals surface area contributed by atoms with E-state index in [1.54, 1.807) is 63.2 Å². The van der Waals surface area contributed by atoms with Gasteiger partial charge >= 0.3 is 24.1 Å². The third kappa shape index (κ3) is 12.4. The molecule has 2 saturated heterocycles. The van der Waals surface area contributed by atoms with Crippen molar-refractivity contribution in [2.24, 2.45) is 11.8 Å². The van der Waals surface area contributed by atoms with E-state index in [2.05, 4.69) is 25.7 Å². The van der Waals surface area contributed by atoms with Gasteiger partial charge in [0, 0.05) is 54.4 Å². The molecule has 0 radical (unpaired) electrons. The van der Waals surface area contributed by atoms with Crippen LogP contribution in [0.2, 0.25) is 0 Å². The zero-order valence-corrected chi connectivity index (χ0v) is 36.3. The maximum atomic E-state index is 13.4. The number of alkyl halides is 6. The fourth-order valence-electron chi connectivity index (χ4n) is 7.54. The Hall–Kier alpha value is -6.60. The van der Waals surface area contributed by atoms with E-state index in [-0.39, 0.29) is 60.3 Å². The molecule has 2 aliphatic heterocycles. The van der Waals surface area contributed by atoms with Crippen LogP contribution in [0.25, 0.3) is 22.9 Å². The van der Waals surface area contributed by atoms with Crippen molar-refractivity contribution in [1.29, 1.82) is 0 Å². The average Bonchev–Trinajstić information content (AvgIpc) is 4.04. The Kier molecular flexibility index (Phi) is 16.0. The Bertz CT molecular complexity index is 2510. The van der Waals surface area contributed by atoms with Crippen LogP contribution in [0.15, 0.2) is 118 Å². The van der Waals surface area contributed by atoms with Gasteiger partial charge in [-0.05, 0) is 98.4 Å². The molecule has 0 bridgehead atoms. The number of aromatic nitrogens is 4. The van der Waals surface area contributed by atoms with Gasteiger partial charge in [-0.3, -0.25) is 14.4 Å². The summed E-state index contributed by atoms with van der Waals surface area (Å²) in [6.07, 6.45) is -6.61. The fourth-order valence-corrected chi connectivity index (χ4v) is 7.54. The molecule has 4 heterocycles. The van der Waals surface area contributed by atoms with Crippen LogP contribution in [0.4, 0.5) is 37.7 Å². The molecule has 348 valence electrons. The first kappa shape index (κ1) is 48.8. The van der Waals surface area contributed by atoms with Crippen LogP contribution >= 0.6 is 12.4 Å². The van der Waals surface area contributed by atoms with Crippen molar-refractivity contribution in [3.63, 3.8) is 0 Å². The van der Waals surface area contributed by atoms with Crippen LogP contribution in [0, 0.1) is 11.8 Å². The molecule has 2 fully saturated rings. The van der Waals surface area contributed by atoms with E-state index in [4.69, 9.17) is 8.83 Å². The summed E-state index contributed by atoms with van der Waals surface area (Å²) in [5.41, 5.74) is 3.91. The molecule has 0 aliphatic carbocycles. The van der Waals surface area contributed by atoms with Crippen LogP contribution in [-0.2, 0) is 39.8 Å². The van der Waals surface area contributed by atoms with Crippen molar-refractivity contribution >= 4 is 41.5 Å². The monoisotopic (exact) mass is 938 g/mol. The highest BCUT2D eigenvalue weighted by atomic mass is 35.5. The number of nitrogens with one attached hydrogen (secondary N) is 1. The Balaban J connectivity index is 0.000000216. The molecule has 0 atom stereocenters. The van der Waals surface area contributed by atoms with Crippen molar-refractivity contribution in [3.05, 3.63) is 132 Å². The number of amides is 3. The molecule has 8 rings (SSSR count). The summed E-state index contributed by atoms with van der Waals surface area (Å²) in [5, 5.41) is 16.3. The summed E-state index contributed by atoms with van der Waals surface area (Å²) in [6.45, 7) is 4.90. The zero-order valence-electron chi connectivity index (χ0n) is 35.5. The third-order valence-electron chi connectivity index (χ3n) is 11.1. The molecular weight excluding hydrogens is 894 g/mol. The van der Waals surface area contributed by atoms with Gasteiger partial charge in [-0.25, -0.2) is 0 Å². The fraction of sp³-hybridized carbons (Fsp3) is 0.326. The molecule has 0 unspecified atom stereocenters. The number of nitrogens with zero attached hydrogens (tertiary/aromatic N) is 7. The van der Waals surface area contributed by atoms with E-state index < -0.39 is 24.1 Å². The minimum absolute atomic E-state index is 0. The maximum Gasteiger partial charge on any atom is 0.470 e. The number of likely N-dealkylation sites (tertiary alicyclic amines) is 1. The summed E-state index contributed by atoms with van der Waals surface area (Å²) >= 11 is 0. The number of hydrogen-bond donors (Lipinski definition) is 1. The van der Waals surface area contributed by atoms with E-state index in [1.165, 1.54) is 6.92 Å². The summed E-state index contributed by atoms with van der Waals surface area (Å²) in [6, 6.07) is 32.1. The normalized spacial score (nSPS) is 14.7. The second kappa shape index (κ2) is 21.6. The number of halogens is 7. The van der Waals surface area contributed by atoms with Crippen molar-refractivity contribution in [3.8, 4) is 22.9 Å². The SMILES string of the molecule is CC(=O)N1CCC(C(=O)N(Cc2ccc(-c3nnc(C(F)(F)F)o3)cc2)c2ccccc2)CC1.Cl.O=C(C1CCNCC1)N(Cc1ccc(-c2nnc(C(F)(F)F)o2)cc1)c1ccccc1. The third-order valence-corrected chi connectivity index (χ3v) is 11.1. The zero-order chi connectivity index (χ0) is 46.1. The highest BCUT2D eigenvalue weighted by Crippen LogP contribution is 2.33. The van der Waals surface area contributed by atoms with E-state index in [9.17, 15) is 40.7 Å². The molecule has 4 aromatic carbocycles. The van der Waals surface area contributed by atoms with Crippen LogP contribution in [0.3, 0.4) is 0 Å². The number of benzene rings is 4. The molecule has 6 aromatic rings. The first-order chi connectivity index (χ1) is 31.1.